The zero-order valence-corrected chi connectivity index (χ0v) is 15.0. The molecule has 2 aromatic carbocycles. The molecule has 1 aliphatic rings. The first-order valence-corrected chi connectivity index (χ1v) is 8.60. The molecule has 5 nitrogen and oxygen atoms in total. The van der Waals surface area contributed by atoms with Gasteiger partial charge in [0.15, 0.2) is 0 Å². The van der Waals surface area contributed by atoms with E-state index in [9.17, 15) is 4.79 Å². The summed E-state index contributed by atoms with van der Waals surface area (Å²) in [4.78, 5) is 16.8. The summed E-state index contributed by atoms with van der Waals surface area (Å²) in [7, 11) is 1.60. The highest BCUT2D eigenvalue weighted by molar-refractivity contribution is 5.91. The summed E-state index contributed by atoms with van der Waals surface area (Å²) in [6.45, 7) is 6.45. The number of aryl methyl sites for hydroxylation is 1. The molecule has 0 saturated carbocycles. The van der Waals surface area contributed by atoms with Crippen LogP contribution in [0.3, 0.4) is 0 Å². The first-order valence-electron chi connectivity index (χ1n) is 8.60. The largest absolute Gasteiger partial charge is 0.495 e. The first-order chi connectivity index (χ1) is 12.1. The molecule has 0 bridgehead atoms. The molecule has 0 aromatic heterocycles. The van der Waals surface area contributed by atoms with Gasteiger partial charge in [-0.1, -0.05) is 29.8 Å². The summed E-state index contributed by atoms with van der Waals surface area (Å²) >= 11 is 0. The van der Waals surface area contributed by atoms with Crippen LogP contribution >= 0.6 is 0 Å². The number of benzene rings is 2. The summed E-state index contributed by atoms with van der Waals surface area (Å²) in [5.41, 5.74) is 3.16. The summed E-state index contributed by atoms with van der Waals surface area (Å²) in [6, 6.07) is 16.2. The van der Waals surface area contributed by atoms with Crippen LogP contribution in [0.15, 0.2) is 48.5 Å². The number of carbonyl (C=O) groups excluding carboxylic acids is 1. The Labute approximate surface area is 149 Å². The van der Waals surface area contributed by atoms with Crippen molar-refractivity contribution in [1.29, 1.82) is 0 Å². The van der Waals surface area contributed by atoms with Crippen molar-refractivity contribution in [2.24, 2.45) is 0 Å². The number of nitrogens with one attached hydrogen (secondary N) is 1. The Hall–Kier alpha value is -2.69. The number of anilines is 2. The van der Waals surface area contributed by atoms with Gasteiger partial charge in [0.1, 0.15) is 5.75 Å². The summed E-state index contributed by atoms with van der Waals surface area (Å²) in [6.07, 6.45) is 0. The summed E-state index contributed by atoms with van der Waals surface area (Å²) in [5, 5.41) is 2.96. The first kappa shape index (κ1) is 17.1. The van der Waals surface area contributed by atoms with E-state index in [0.717, 1.165) is 6.54 Å². The minimum Gasteiger partial charge on any atom is -0.495 e. The third-order valence-corrected chi connectivity index (χ3v) is 4.63. The van der Waals surface area contributed by atoms with E-state index in [4.69, 9.17) is 4.74 Å². The molecule has 0 aliphatic carbocycles. The van der Waals surface area contributed by atoms with Crippen molar-refractivity contribution in [3.63, 3.8) is 0 Å². The lowest BCUT2D eigenvalue weighted by Gasteiger charge is -2.41. The van der Waals surface area contributed by atoms with Crippen LogP contribution in [0.25, 0.3) is 0 Å². The van der Waals surface area contributed by atoms with Gasteiger partial charge in [-0.25, -0.2) is 4.79 Å². The molecule has 1 fully saturated rings. The molecule has 1 aliphatic heterocycles. The molecule has 1 heterocycles. The van der Waals surface area contributed by atoms with Crippen molar-refractivity contribution in [2.45, 2.75) is 19.9 Å². The molecule has 2 amide bonds. The van der Waals surface area contributed by atoms with E-state index in [0.29, 0.717) is 24.5 Å². The Balaban J connectivity index is 1.64. The van der Waals surface area contributed by atoms with Crippen LogP contribution in [-0.2, 0) is 0 Å². The van der Waals surface area contributed by atoms with E-state index in [1.165, 1.54) is 11.3 Å². The highest BCUT2D eigenvalue weighted by Crippen LogP contribution is 2.25. The molecule has 1 atom stereocenters. The zero-order valence-electron chi connectivity index (χ0n) is 15.0. The van der Waals surface area contributed by atoms with Gasteiger partial charge < -0.3 is 19.9 Å². The smallest absolute Gasteiger partial charge is 0.322 e. The van der Waals surface area contributed by atoms with Gasteiger partial charge >= 0.3 is 6.03 Å². The van der Waals surface area contributed by atoms with Crippen molar-refractivity contribution in [1.82, 2.24) is 4.90 Å². The van der Waals surface area contributed by atoms with E-state index >= 15 is 0 Å². The van der Waals surface area contributed by atoms with Gasteiger partial charge in [-0.3, -0.25) is 0 Å². The van der Waals surface area contributed by atoms with Gasteiger partial charge in [0.2, 0.25) is 0 Å². The zero-order chi connectivity index (χ0) is 17.8. The van der Waals surface area contributed by atoms with Gasteiger partial charge in [0.05, 0.1) is 12.8 Å². The van der Waals surface area contributed by atoms with Crippen molar-refractivity contribution in [3.05, 3.63) is 54.1 Å². The van der Waals surface area contributed by atoms with Crippen molar-refractivity contribution < 1.29 is 9.53 Å². The number of para-hydroxylation sites is 2. The lowest BCUT2D eigenvalue weighted by molar-refractivity contribution is 0.200. The summed E-state index contributed by atoms with van der Waals surface area (Å²) in [5.74, 6) is 0.669. The minimum atomic E-state index is -0.0834. The number of ether oxygens (including phenoxy) is 1. The maximum absolute atomic E-state index is 12.6. The number of hydrogen-bond acceptors (Lipinski definition) is 3. The van der Waals surface area contributed by atoms with Crippen LogP contribution < -0.4 is 15.0 Å². The van der Waals surface area contributed by atoms with Crippen LogP contribution in [0.1, 0.15) is 12.5 Å². The monoisotopic (exact) mass is 339 g/mol. The fraction of sp³-hybridized carbons (Fsp3) is 0.350. The Kier molecular flexibility index (Phi) is 5.12. The van der Waals surface area contributed by atoms with Crippen LogP contribution in [-0.4, -0.2) is 43.7 Å². The van der Waals surface area contributed by atoms with E-state index in [1.54, 1.807) is 7.11 Å². The highest BCUT2D eigenvalue weighted by Gasteiger charge is 2.27. The molecule has 1 N–H and O–H groups in total. The topological polar surface area (TPSA) is 44.8 Å². The predicted octanol–water partition coefficient (Wildman–Crippen LogP) is 3.75. The molecule has 132 valence electrons. The molecule has 5 heteroatoms. The number of amides is 2. The maximum Gasteiger partial charge on any atom is 0.322 e. The number of nitrogens with zero attached hydrogens (tertiary/aromatic N) is 2. The van der Waals surface area contributed by atoms with E-state index < -0.39 is 0 Å². The van der Waals surface area contributed by atoms with Gasteiger partial charge in [-0.15, -0.1) is 0 Å². The fourth-order valence-electron chi connectivity index (χ4n) is 3.20. The molecular weight excluding hydrogens is 314 g/mol. The number of piperazine rings is 1. The number of urea groups is 1. The highest BCUT2D eigenvalue weighted by atomic mass is 16.5. The Morgan fingerprint density at radius 2 is 1.84 bits per heavy atom. The van der Waals surface area contributed by atoms with Crippen molar-refractivity contribution in [2.75, 3.05) is 37.0 Å². The predicted molar refractivity (Wildman–Crippen MR) is 102 cm³/mol. The van der Waals surface area contributed by atoms with Crippen molar-refractivity contribution in [3.8, 4) is 5.75 Å². The van der Waals surface area contributed by atoms with Gasteiger partial charge in [0, 0.05) is 31.4 Å². The molecule has 3 rings (SSSR count). The number of methoxy groups -OCH3 is 1. The standard InChI is InChI=1S/C20H25N3O2/c1-15-8-10-17(11-9-15)23-13-12-22(14-16(23)2)20(24)21-18-6-4-5-7-19(18)25-3/h4-11,16H,12-14H2,1-3H3,(H,21,24)/t16-/m1/s1. The molecule has 0 unspecified atom stereocenters. The van der Waals surface area contributed by atoms with Crippen LogP contribution in [0.2, 0.25) is 0 Å². The van der Waals surface area contributed by atoms with Crippen LogP contribution in [0.4, 0.5) is 16.2 Å². The fourth-order valence-corrected chi connectivity index (χ4v) is 3.20. The Morgan fingerprint density at radius 3 is 2.52 bits per heavy atom. The molecule has 0 spiro atoms. The Morgan fingerprint density at radius 1 is 1.12 bits per heavy atom. The lowest BCUT2D eigenvalue weighted by Crippen LogP contribution is -2.54. The molecule has 0 radical (unpaired) electrons. The summed E-state index contributed by atoms with van der Waals surface area (Å²) < 4.78 is 5.30. The molecular formula is C20H25N3O2. The van der Waals surface area contributed by atoms with E-state index in [2.05, 4.69) is 48.3 Å². The van der Waals surface area contributed by atoms with Crippen molar-refractivity contribution >= 4 is 17.4 Å². The molecule has 2 aromatic rings. The van der Waals surface area contributed by atoms with Crippen LogP contribution in [0, 0.1) is 6.92 Å². The number of hydrogen-bond donors (Lipinski definition) is 1. The molecule has 1 saturated heterocycles. The molecule has 25 heavy (non-hydrogen) atoms. The normalized spacial score (nSPS) is 17.3. The minimum absolute atomic E-state index is 0.0834. The average Bonchev–Trinajstić information content (AvgIpc) is 2.63. The Bertz CT molecular complexity index is 730. The third kappa shape index (κ3) is 3.87. The SMILES string of the molecule is COc1ccccc1NC(=O)N1CCN(c2ccc(C)cc2)[C@H](C)C1. The van der Waals surface area contributed by atoms with E-state index in [1.807, 2.05) is 29.2 Å². The number of carbonyl (C=O) groups is 1. The lowest BCUT2D eigenvalue weighted by atomic mass is 10.1. The second kappa shape index (κ2) is 7.47. The van der Waals surface area contributed by atoms with Gasteiger partial charge in [-0.2, -0.15) is 0 Å². The second-order valence-electron chi connectivity index (χ2n) is 6.45. The second-order valence-corrected chi connectivity index (χ2v) is 6.45. The maximum atomic E-state index is 12.6. The van der Waals surface area contributed by atoms with Crippen LogP contribution in [0.5, 0.6) is 5.75 Å². The third-order valence-electron chi connectivity index (χ3n) is 4.63. The van der Waals surface area contributed by atoms with Gasteiger partial charge in [-0.05, 0) is 38.1 Å². The van der Waals surface area contributed by atoms with Gasteiger partial charge in [0.25, 0.3) is 0 Å². The average molecular weight is 339 g/mol. The number of rotatable bonds is 3. The van der Waals surface area contributed by atoms with E-state index in [-0.39, 0.29) is 12.1 Å². The quantitative estimate of drug-likeness (QED) is 0.926.